The summed E-state index contributed by atoms with van der Waals surface area (Å²) in [5, 5.41) is 0. The fraction of sp³-hybridized carbons (Fsp3) is 0.800. The number of hydrogen-bond acceptors (Lipinski definition) is 4. The van der Waals surface area contributed by atoms with Crippen LogP contribution in [0.5, 0.6) is 0 Å². The molecule has 0 amide bonds. The summed E-state index contributed by atoms with van der Waals surface area (Å²) in [6.07, 6.45) is 0.678. The lowest BCUT2D eigenvalue weighted by Gasteiger charge is -2.28. The molecule has 0 atom stereocenters. The first kappa shape index (κ1) is 14.2. The molecule has 0 saturated carbocycles. The van der Waals surface area contributed by atoms with Gasteiger partial charge in [0.2, 0.25) is 0 Å². The van der Waals surface area contributed by atoms with E-state index in [0.717, 1.165) is 0 Å². The fourth-order valence-corrected chi connectivity index (χ4v) is 1.27. The van der Waals surface area contributed by atoms with E-state index in [4.69, 9.17) is 21.1 Å². The van der Waals surface area contributed by atoms with Gasteiger partial charge in [-0.3, -0.25) is 9.59 Å². The molecule has 0 spiro atoms. The van der Waals surface area contributed by atoms with Gasteiger partial charge >= 0.3 is 11.9 Å². The molecule has 0 unspecified atom stereocenters. The Balaban J connectivity index is 4.29. The molecule has 0 radical (unpaired) electrons. The van der Waals surface area contributed by atoms with Gasteiger partial charge in [0, 0.05) is 19.7 Å². The molecule has 0 aliphatic heterocycles. The lowest BCUT2D eigenvalue weighted by molar-refractivity contribution is -0.150. The van der Waals surface area contributed by atoms with Gasteiger partial charge in [0.25, 0.3) is 0 Å². The van der Waals surface area contributed by atoms with Gasteiger partial charge in [-0.1, -0.05) is 6.92 Å². The van der Waals surface area contributed by atoms with E-state index in [2.05, 4.69) is 0 Å². The van der Waals surface area contributed by atoms with Crippen molar-refractivity contribution in [2.45, 2.75) is 27.2 Å². The zero-order valence-electron chi connectivity index (χ0n) is 9.34. The van der Waals surface area contributed by atoms with Gasteiger partial charge in [-0.25, -0.2) is 0 Å². The van der Waals surface area contributed by atoms with Gasteiger partial charge < -0.3 is 9.47 Å². The van der Waals surface area contributed by atoms with Crippen molar-refractivity contribution in [3.05, 3.63) is 0 Å². The average Bonchev–Trinajstić information content (AvgIpc) is 2.19. The number of carbonyl (C=O) groups is 2. The number of ether oxygens (including phenoxy) is 2. The zero-order valence-corrected chi connectivity index (χ0v) is 10.1. The van der Waals surface area contributed by atoms with E-state index in [0.29, 0.717) is 6.42 Å². The minimum absolute atomic E-state index is 0.176. The first-order valence-electron chi connectivity index (χ1n) is 4.78. The molecule has 0 saturated heterocycles. The Labute approximate surface area is 94.9 Å². The highest BCUT2D eigenvalue weighted by molar-refractivity contribution is 6.18. The summed E-state index contributed by atoms with van der Waals surface area (Å²) < 4.78 is 9.81. The van der Waals surface area contributed by atoms with Gasteiger partial charge in [-0.05, 0) is 6.42 Å². The molecule has 88 valence electrons. The monoisotopic (exact) mass is 236 g/mol. The second-order valence-electron chi connectivity index (χ2n) is 3.55. The molecule has 0 aliphatic rings. The third-order valence-corrected chi connectivity index (χ3v) is 2.76. The lowest BCUT2D eigenvalue weighted by atomic mass is 9.89. The predicted octanol–water partition coefficient (Wildman–Crippen LogP) is 1.75. The summed E-state index contributed by atoms with van der Waals surface area (Å²) in [6.45, 7) is 4.93. The molecule has 0 aromatic carbocycles. The Morgan fingerprint density at radius 3 is 1.73 bits per heavy atom. The zero-order chi connectivity index (χ0) is 11.9. The minimum atomic E-state index is -0.473. The van der Waals surface area contributed by atoms with Crippen molar-refractivity contribution in [2.75, 3.05) is 19.1 Å². The molecule has 4 nitrogen and oxygen atoms in total. The van der Waals surface area contributed by atoms with Crippen molar-refractivity contribution in [3.8, 4) is 0 Å². The van der Waals surface area contributed by atoms with E-state index in [1.165, 1.54) is 13.8 Å². The largest absolute Gasteiger partial charge is 0.465 e. The summed E-state index contributed by atoms with van der Waals surface area (Å²) >= 11 is 5.81. The summed E-state index contributed by atoms with van der Waals surface area (Å²) in [5.74, 6) is -0.439. The number of alkyl halides is 1. The number of halogens is 1. The van der Waals surface area contributed by atoms with Crippen LogP contribution in [0.15, 0.2) is 0 Å². The maximum absolute atomic E-state index is 10.7. The Morgan fingerprint density at radius 1 is 1.13 bits per heavy atom. The number of rotatable bonds is 6. The van der Waals surface area contributed by atoms with Crippen LogP contribution in [-0.2, 0) is 19.1 Å². The Hall–Kier alpha value is -0.770. The predicted molar refractivity (Wildman–Crippen MR) is 56.7 cm³/mol. The smallest absolute Gasteiger partial charge is 0.302 e. The third kappa shape index (κ3) is 5.62. The molecule has 5 heteroatoms. The van der Waals surface area contributed by atoms with Crippen LogP contribution >= 0.6 is 11.6 Å². The number of carbonyl (C=O) groups excluding carboxylic acids is 2. The highest BCUT2D eigenvalue weighted by atomic mass is 35.5. The first-order chi connectivity index (χ1) is 6.95. The van der Waals surface area contributed by atoms with E-state index in [1.807, 2.05) is 6.92 Å². The van der Waals surface area contributed by atoms with Gasteiger partial charge in [0.1, 0.15) is 13.2 Å². The molecule has 0 N–H and O–H groups in total. The van der Waals surface area contributed by atoms with Gasteiger partial charge in [0.15, 0.2) is 0 Å². The highest BCUT2D eigenvalue weighted by Gasteiger charge is 2.30. The van der Waals surface area contributed by atoms with Crippen LogP contribution in [0.1, 0.15) is 27.2 Å². The van der Waals surface area contributed by atoms with Gasteiger partial charge in [-0.15, -0.1) is 11.6 Å². The van der Waals surface area contributed by atoms with Crippen LogP contribution in [0, 0.1) is 5.41 Å². The van der Waals surface area contributed by atoms with Crippen LogP contribution in [0.25, 0.3) is 0 Å². The molecule has 0 heterocycles. The molecule has 0 aromatic rings. The molecule has 0 rings (SSSR count). The minimum Gasteiger partial charge on any atom is -0.465 e. The lowest BCUT2D eigenvalue weighted by Crippen LogP contribution is -2.35. The van der Waals surface area contributed by atoms with Crippen molar-refractivity contribution in [1.82, 2.24) is 0 Å². The SMILES string of the molecule is CCC(CCl)(COC(C)=O)COC(C)=O. The quantitative estimate of drug-likeness (QED) is 0.521. The van der Waals surface area contributed by atoms with Crippen LogP contribution in [0.4, 0.5) is 0 Å². The summed E-state index contributed by atoms with van der Waals surface area (Å²) in [4.78, 5) is 21.4. The summed E-state index contributed by atoms with van der Waals surface area (Å²) in [7, 11) is 0. The van der Waals surface area contributed by atoms with Crippen LogP contribution in [-0.4, -0.2) is 31.0 Å². The van der Waals surface area contributed by atoms with Crippen molar-refractivity contribution in [2.24, 2.45) is 5.41 Å². The summed E-state index contributed by atoms with van der Waals surface area (Å²) in [6, 6.07) is 0. The van der Waals surface area contributed by atoms with Crippen molar-refractivity contribution in [3.63, 3.8) is 0 Å². The molecule has 0 fully saturated rings. The van der Waals surface area contributed by atoms with Crippen LogP contribution in [0.2, 0.25) is 0 Å². The number of hydrogen-bond donors (Lipinski definition) is 0. The maximum atomic E-state index is 10.7. The molecule has 0 aliphatic carbocycles. The maximum Gasteiger partial charge on any atom is 0.302 e. The topological polar surface area (TPSA) is 52.6 Å². The summed E-state index contributed by atoms with van der Waals surface area (Å²) in [5.41, 5.74) is -0.473. The van der Waals surface area contributed by atoms with E-state index >= 15 is 0 Å². The second-order valence-corrected chi connectivity index (χ2v) is 3.81. The number of esters is 2. The molecular formula is C10H17ClO4. The van der Waals surface area contributed by atoms with Crippen LogP contribution in [0.3, 0.4) is 0 Å². The normalized spacial score (nSPS) is 10.9. The molecule has 0 aromatic heterocycles. The van der Waals surface area contributed by atoms with Crippen LogP contribution < -0.4 is 0 Å². The molecule has 15 heavy (non-hydrogen) atoms. The van der Waals surface area contributed by atoms with Gasteiger partial charge in [-0.2, -0.15) is 0 Å². The second kappa shape index (κ2) is 6.67. The van der Waals surface area contributed by atoms with Crippen molar-refractivity contribution >= 4 is 23.5 Å². The van der Waals surface area contributed by atoms with Crippen molar-refractivity contribution < 1.29 is 19.1 Å². The highest BCUT2D eigenvalue weighted by Crippen LogP contribution is 2.25. The first-order valence-corrected chi connectivity index (χ1v) is 5.32. The van der Waals surface area contributed by atoms with E-state index < -0.39 is 5.41 Å². The Morgan fingerprint density at radius 2 is 1.53 bits per heavy atom. The Bertz CT molecular complexity index is 203. The molecule has 0 bridgehead atoms. The van der Waals surface area contributed by atoms with E-state index in [-0.39, 0.29) is 31.0 Å². The standard InChI is InChI=1S/C10H17ClO4/c1-4-10(5-11,6-14-8(2)12)7-15-9(3)13/h4-7H2,1-3H3. The third-order valence-electron chi connectivity index (χ3n) is 2.20. The average molecular weight is 237 g/mol. The van der Waals surface area contributed by atoms with Gasteiger partial charge in [0.05, 0.1) is 5.41 Å². The van der Waals surface area contributed by atoms with Crippen molar-refractivity contribution in [1.29, 1.82) is 0 Å². The fourth-order valence-electron chi connectivity index (χ4n) is 0.927. The Kier molecular flexibility index (Phi) is 6.32. The molecular weight excluding hydrogens is 220 g/mol. The van der Waals surface area contributed by atoms with E-state index in [1.54, 1.807) is 0 Å². The van der Waals surface area contributed by atoms with E-state index in [9.17, 15) is 9.59 Å².